The topological polar surface area (TPSA) is 104 Å². The zero-order valence-electron chi connectivity index (χ0n) is 17.6. The summed E-state index contributed by atoms with van der Waals surface area (Å²) in [7, 11) is 0. The number of thioether (sulfide) groups is 1. The summed E-state index contributed by atoms with van der Waals surface area (Å²) in [6, 6.07) is 0. The number of nitrogen functional groups attached to an aromatic ring is 1. The van der Waals surface area contributed by atoms with Gasteiger partial charge in [0.25, 0.3) is 5.56 Å². The average Bonchev–Trinajstić information content (AvgIpc) is 3.16. The van der Waals surface area contributed by atoms with Crippen molar-refractivity contribution in [3.63, 3.8) is 0 Å². The number of hydrogen-bond donors (Lipinski definition) is 2. The summed E-state index contributed by atoms with van der Waals surface area (Å²) in [6.45, 7) is 10.3. The lowest BCUT2D eigenvalue weighted by Crippen LogP contribution is -2.44. The molecule has 0 aliphatic carbocycles. The number of amides is 1. The predicted octanol–water partition coefficient (Wildman–Crippen LogP) is 1.88. The van der Waals surface area contributed by atoms with Crippen LogP contribution in [0, 0.1) is 11.8 Å². The summed E-state index contributed by atoms with van der Waals surface area (Å²) in [5, 5.41) is 0. The SMILES string of the molecule is CC(C)CN(C(=O)CSC(=S)N1CCCC1)c1c(N)n(CC(C)C)c(=O)[nH]c1=O. The second kappa shape index (κ2) is 10.3. The first-order valence-corrected chi connectivity index (χ1v) is 11.4. The third-order valence-electron chi connectivity index (χ3n) is 4.56. The summed E-state index contributed by atoms with van der Waals surface area (Å²) >= 11 is 6.75. The molecule has 0 radical (unpaired) electrons. The van der Waals surface area contributed by atoms with Crippen LogP contribution in [0.1, 0.15) is 40.5 Å². The van der Waals surface area contributed by atoms with Crippen LogP contribution < -0.4 is 21.9 Å². The van der Waals surface area contributed by atoms with Gasteiger partial charge in [0.15, 0.2) is 5.69 Å². The van der Waals surface area contributed by atoms with E-state index in [9.17, 15) is 14.4 Å². The highest BCUT2D eigenvalue weighted by Crippen LogP contribution is 2.22. The van der Waals surface area contributed by atoms with E-state index in [0.717, 1.165) is 25.9 Å². The minimum atomic E-state index is -0.645. The van der Waals surface area contributed by atoms with Crippen LogP contribution in [-0.4, -0.2) is 50.1 Å². The van der Waals surface area contributed by atoms with E-state index in [0.29, 0.717) is 17.4 Å². The molecule has 1 aromatic rings. The normalized spacial score (nSPS) is 14.1. The fraction of sp³-hybridized carbons (Fsp3) is 0.684. The number of hydrogen-bond acceptors (Lipinski definition) is 6. The van der Waals surface area contributed by atoms with Crippen LogP contribution in [0.25, 0.3) is 0 Å². The molecule has 1 amide bonds. The molecule has 0 saturated carbocycles. The molecule has 1 fully saturated rings. The first-order valence-electron chi connectivity index (χ1n) is 9.96. The van der Waals surface area contributed by atoms with E-state index >= 15 is 0 Å². The lowest BCUT2D eigenvalue weighted by Gasteiger charge is -2.27. The van der Waals surface area contributed by atoms with Gasteiger partial charge >= 0.3 is 5.69 Å². The Labute approximate surface area is 180 Å². The van der Waals surface area contributed by atoms with Gasteiger partial charge < -0.3 is 15.5 Å². The van der Waals surface area contributed by atoms with Crippen molar-refractivity contribution in [1.82, 2.24) is 14.5 Å². The van der Waals surface area contributed by atoms with E-state index in [1.165, 1.54) is 21.2 Å². The minimum absolute atomic E-state index is 0.0218. The second-order valence-electron chi connectivity index (χ2n) is 8.14. The van der Waals surface area contributed by atoms with Gasteiger partial charge in [-0.05, 0) is 24.7 Å². The van der Waals surface area contributed by atoms with Crippen LogP contribution in [0.2, 0.25) is 0 Å². The quantitative estimate of drug-likeness (QED) is 0.623. The van der Waals surface area contributed by atoms with E-state index in [1.807, 2.05) is 27.7 Å². The first kappa shape index (κ1) is 23.5. The molecule has 0 bridgehead atoms. The molecule has 1 aliphatic rings. The molecule has 2 rings (SSSR count). The Hall–Kier alpha value is -1.81. The number of nitrogens with one attached hydrogen (secondary N) is 1. The van der Waals surface area contributed by atoms with Gasteiger partial charge in [0, 0.05) is 26.2 Å². The third-order valence-corrected chi connectivity index (χ3v) is 6.07. The molecule has 0 atom stereocenters. The third kappa shape index (κ3) is 6.08. The van der Waals surface area contributed by atoms with Crippen LogP contribution in [0.3, 0.4) is 0 Å². The standard InChI is InChI=1S/C19H31N5O3S2/c1-12(2)9-23(14(25)11-29-19(28)22-7-5-6-8-22)15-16(20)24(10-13(3)4)18(27)21-17(15)26/h12-13H,5-11,20H2,1-4H3,(H,21,26,27). The number of carbonyl (C=O) groups is 1. The van der Waals surface area contributed by atoms with Crippen molar-refractivity contribution in [3.8, 4) is 0 Å². The summed E-state index contributed by atoms with van der Waals surface area (Å²) < 4.78 is 2.02. The number of H-pyrrole nitrogens is 1. The molecule has 1 aliphatic heterocycles. The number of aromatic nitrogens is 2. The molecule has 29 heavy (non-hydrogen) atoms. The lowest BCUT2D eigenvalue weighted by atomic mass is 10.2. The van der Waals surface area contributed by atoms with Crippen LogP contribution in [0.4, 0.5) is 11.5 Å². The highest BCUT2D eigenvalue weighted by atomic mass is 32.2. The van der Waals surface area contributed by atoms with E-state index in [-0.39, 0.29) is 35.0 Å². The van der Waals surface area contributed by atoms with Crippen molar-refractivity contribution in [2.75, 3.05) is 36.0 Å². The maximum absolute atomic E-state index is 13.1. The van der Waals surface area contributed by atoms with Gasteiger partial charge in [-0.15, -0.1) is 0 Å². The number of likely N-dealkylation sites (tertiary alicyclic amines) is 1. The van der Waals surface area contributed by atoms with E-state index in [1.54, 1.807) is 0 Å². The number of thiocarbonyl (C=S) groups is 1. The van der Waals surface area contributed by atoms with Crippen molar-refractivity contribution in [3.05, 3.63) is 20.8 Å². The Bertz CT molecular complexity index is 856. The second-order valence-corrected chi connectivity index (χ2v) is 9.75. The lowest BCUT2D eigenvalue weighted by molar-refractivity contribution is -0.116. The number of nitrogens with two attached hydrogens (primary N) is 1. The molecule has 10 heteroatoms. The first-order chi connectivity index (χ1) is 13.6. The highest BCUT2D eigenvalue weighted by molar-refractivity contribution is 8.23. The van der Waals surface area contributed by atoms with Gasteiger partial charge in [0.05, 0.1) is 5.75 Å². The number of aromatic amines is 1. The molecule has 162 valence electrons. The molecule has 2 heterocycles. The minimum Gasteiger partial charge on any atom is -0.383 e. The summed E-state index contributed by atoms with van der Waals surface area (Å²) in [5.74, 6) is 0.144. The summed E-state index contributed by atoms with van der Waals surface area (Å²) in [4.78, 5) is 43.7. The van der Waals surface area contributed by atoms with Gasteiger partial charge in [-0.2, -0.15) is 0 Å². The van der Waals surface area contributed by atoms with Crippen molar-refractivity contribution in [2.45, 2.75) is 47.1 Å². The largest absolute Gasteiger partial charge is 0.383 e. The maximum atomic E-state index is 13.1. The zero-order valence-corrected chi connectivity index (χ0v) is 19.2. The van der Waals surface area contributed by atoms with Crippen LogP contribution in [-0.2, 0) is 11.3 Å². The summed E-state index contributed by atoms with van der Waals surface area (Å²) in [5.41, 5.74) is 5.04. The maximum Gasteiger partial charge on any atom is 0.330 e. The molecule has 0 aromatic carbocycles. The van der Waals surface area contributed by atoms with Crippen LogP contribution >= 0.6 is 24.0 Å². The zero-order chi connectivity index (χ0) is 21.7. The van der Waals surface area contributed by atoms with Crippen molar-refractivity contribution >= 4 is 45.7 Å². The van der Waals surface area contributed by atoms with Crippen molar-refractivity contribution in [1.29, 1.82) is 0 Å². The van der Waals surface area contributed by atoms with E-state index in [2.05, 4.69) is 9.88 Å². The average molecular weight is 442 g/mol. The molecule has 1 aromatic heterocycles. The Morgan fingerprint density at radius 2 is 1.83 bits per heavy atom. The van der Waals surface area contributed by atoms with Crippen LogP contribution in [0.5, 0.6) is 0 Å². The van der Waals surface area contributed by atoms with Gasteiger partial charge in [0.1, 0.15) is 10.1 Å². The monoisotopic (exact) mass is 441 g/mol. The Morgan fingerprint density at radius 1 is 1.21 bits per heavy atom. The van der Waals surface area contributed by atoms with Gasteiger partial charge in [0.2, 0.25) is 5.91 Å². The molecule has 0 unspecified atom stereocenters. The number of rotatable bonds is 7. The van der Waals surface area contributed by atoms with E-state index in [4.69, 9.17) is 18.0 Å². The molecular formula is C19H31N5O3S2. The highest BCUT2D eigenvalue weighted by Gasteiger charge is 2.26. The molecule has 3 N–H and O–H groups in total. The Kier molecular flexibility index (Phi) is 8.33. The molecule has 0 spiro atoms. The number of nitrogens with zero attached hydrogens (tertiary/aromatic N) is 3. The molecular weight excluding hydrogens is 410 g/mol. The number of carbonyl (C=O) groups excluding carboxylic acids is 1. The van der Waals surface area contributed by atoms with Gasteiger partial charge in [-0.25, -0.2) is 4.79 Å². The fourth-order valence-corrected chi connectivity index (χ4v) is 4.39. The van der Waals surface area contributed by atoms with Crippen molar-refractivity contribution in [2.24, 2.45) is 11.8 Å². The predicted molar refractivity (Wildman–Crippen MR) is 124 cm³/mol. The Balaban J connectivity index is 2.31. The number of anilines is 2. The Morgan fingerprint density at radius 3 is 2.38 bits per heavy atom. The molecule has 1 saturated heterocycles. The van der Waals surface area contributed by atoms with Gasteiger partial charge in [-0.1, -0.05) is 51.7 Å². The van der Waals surface area contributed by atoms with Crippen molar-refractivity contribution < 1.29 is 4.79 Å². The smallest absolute Gasteiger partial charge is 0.330 e. The van der Waals surface area contributed by atoms with Crippen LogP contribution in [0.15, 0.2) is 9.59 Å². The fourth-order valence-electron chi connectivity index (χ4n) is 3.26. The van der Waals surface area contributed by atoms with Gasteiger partial charge in [-0.3, -0.25) is 19.1 Å². The molecule has 8 nitrogen and oxygen atoms in total. The summed E-state index contributed by atoms with van der Waals surface area (Å²) in [6.07, 6.45) is 2.22. The van der Waals surface area contributed by atoms with E-state index < -0.39 is 11.2 Å².